The van der Waals surface area contributed by atoms with Gasteiger partial charge in [-0.2, -0.15) is 0 Å². The summed E-state index contributed by atoms with van der Waals surface area (Å²) in [6.45, 7) is 19.1. The van der Waals surface area contributed by atoms with Crippen LogP contribution in [0.4, 0.5) is 0 Å². The highest BCUT2D eigenvalue weighted by Gasteiger charge is 2.67. The van der Waals surface area contributed by atoms with Crippen LogP contribution < -0.4 is 17.0 Å². The van der Waals surface area contributed by atoms with E-state index in [1.807, 2.05) is 0 Å². The van der Waals surface area contributed by atoms with E-state index in [-0.39, 0.29) is 58.0 Å². The van der Waals surface area contributed by atoms with Crippen molar-refractivity contribution in [2.45, 2.75) is 110 Å². The largest absolute Gasteiger partial charge is 1.00 e. The fourth-order valence-corrected chi connectivity index (χ4v) is 11.6. The number of nitrogens with zero attached hydrogens (tertiary/aromatic N) is 2. The first-order valence-corrected chi connectivity index (χ1v) is 16.7. The molecule has 2 saturated heterocycles. The van der Waals surface area contributed by atoms with Gasteiger partial charge < -0.3 is 35.7 Å². The molecule has 6 rings (SSSR count). The molecule has 0 aromatic rings. The molecule has 6 aliphatic rings. The van der Waals surface area contributed by atoms with Crippen molar-refractivity contribution < 1.29 is 45.3 Å². The molecule has 42 heavy (non-hydrogen) atoms. The summed E-state index contributed by atoms with van der Waals surface area (Å²) in [5, 5.41) is 0. The normalized spacial score (nSPS) is 44.6. The molecule has 2 aliphatic heterocycles. The van der Waals surface area contributed by atoms with Crippen LogP contribution in [0.5, 0.6) is 0 Å². The van der Waals surface area contributed by atoms with Crippen molar-refractivity contribution in [1.82, 2.24) is 4.90 Å². The minimum Gasteiger partial charge on any atom is -1.00 e. The smallest absolute Gasteiger partial charge is 0.303 e. The van der Waals surface area contributed by atoms with Gasteiger partial charge in [0.1, 0.15) is 12.1 Å². The molecule has 0 N–H and O–H groups in total. The Morgan fingerprint density at radius 1 is 0.976 bits per heavy atom. The Hall–Kier alpha value is -0.960. The lowest BCUT2D eigenvalue weighted by Crippen LogP contribution is -3.00. The van der Waals surface area contributed by atoms with Gasteiger partial charge in [-0.3, -0.25) is 14.5 Å². The number of carbonyl (C=O) groups excluding carboxylic acids is 2. The first kappa shape index (κ1) is 32.4. The van der Waals surface area contributed by atoms with E-state index in [0.29, 0.717) is 29.7 Å². The van der Waals surface area contributed by atoms with Crippen LogP contribution in [-0.2, 0) is 23.8 Å². The monoisotopic (exact) mass is 650 g/mol. The summed E-state index contributed by atoms with van der Waals surface area (Å²) in [4.78, 5) is 27.3. The molecule has 2 heterocycles. The summed E-state index contributed by atoms with van der Waals surface area (Å²) in [7, 11) is 0. The number of esters is 2. The number of halogens is 1. The first-order chi connectivity index (χ1) is 19.6. The molecule has 0 aromatic carbocycles. The molecule has 7 nitrogen and oxygen atoms in total. The van der Waals surface area contributed by atoms with Gasteiger partial charge in [0.25, 0.3) is 0 Å². The van der Waals surface area contributed by atoms with Gasteiger partial charge in [-0.15, -0.1) is 0 Å². The Labute approximate surface area is 264 Å². The van der Waals surface area contributed by atoms with E-state index in [4.69, 9.17) is 14.2 Å². The third-order valence-corrected chi connectivity index (χ3v) is 13.4. The molecule has 0 spiro atoms. The third kappa shape index (κ3) is 5.43. The van der Waals surface area contributed by atoms with Gasteiger partial charge in [0.2, 0.25) is 0 Å². The number of rotatable bonds is 6. The third-order valence-electron chi connectivity index (χ3n) is 13.4. The number of hydrogen-bond acceptors (Lipinski definition) is 6. The molecule has 0 aromatic heterocycles. The molecule has 8 heteroatoms. The molecule has 10 atom stereocenters. The molecule has 4 aliphatic carbocycles. The topological polar surface area (TPSA) is 65.1 Å². The average molecular weight is 652 g/mol. The van der Waals surface area contributed by atoms with Crippen molar-refractivity contribution >= 4 is 11.9 Å². The highest BCUT2D eigenvalue weighted by Crippen LogP contribution is 2.67. The highest BCUT2D eigenvalue weighted by molar-refractivity contribution is 5.66. The minimum absolute atomic E-state index is 0. The molecule has 0 radical (unpaired) electrons. The number of quaternary nitrogens is 1. The Kier molecular flexibility index (Phi) is 9.61. The van der Waals surface area contributed by atoms with E-state index in [1.54, 1.807) is 13.8 Å². The van der Waals surface area contributed by atoms with E-state index in [2.05, 4.69) is 31.4 Å². The predicted molar refractivity (Wildman–Crippen MR) is 158 cm³/mol. The van der Waals surface area contributed by atoms with Gasteiger partial charge in [-0.1, -0.05) is 20.4 Å². The fraction of sp³-hybridized carbons (Fsp3) is 0.882. The molecule has 238 valence electrons. The van der Waals surface area contributed by atoms with Gasteiger partial charge in [-0.05, 0) is 73.7 Å². The van der Waals surface area contributed by atoms with Crippen LogP contribution in [0.2, 0.25) is 0 Å². The number of likely N-dealkylation sites (tertiary alicyclic amines) is 1. The van der Waals surface area contributed by atoms with Gasteiger partial charge in [0.15, 0.2) is 6.10 Å². The zero-order chi connectivity index (χ0) is 29.0. The maximum atomic E-state index is 12.6. The lowest BCUT2D eigenvalue weighted by molar-refractivity contribution is -0.937. The summed E-state index contributed by atoms with van der Waals surface area (Å²) in [5.41, 5.74) is 0.272. The summed E-state index contributed by atoms with van der Waals surface area (Å²) in [6.07, 6.45) is 12.7. The van der Waals surface area contributed by atoms with E-state index in [0.717, 1.165) is 56.6 Å². The van der Waals surface area contributed by atoms with Crippen LogP contribution in [0, 0.1) is 34.5 Å². The Morgan fingerprint density at radius 3 is 2.31 bits per heavy atom. The molecule has 4 saturated carbocycles. The van der Waals surface area contributed by atoms with Crippen molar-refractivity contribution in [3.8, 4) is 0 Å². The number of morpholine rings is 1. The van der Waals surface area contributed by atoms with E-state index in [9.17, 15) is 9.59 Å². The zero-order valence-corrected chi connectivity index (χ0v) is 28.1. The van der Waals surface area contributed by atoms with Crippen molar-refractivity contribution in [2.75, 3.05) is 45.9 Å². The van der Waals surface area contributed by atoms with Crippen LogP contribution in [-0.4, -0.2) is 91.6 Å². The minimum atomic E-state index is -0.147. The van der Waals surface area contributed by atoms with Crippen molar-refractivity contribution in [3.05, 3.63) is 12.7 Å². The fourth-order valence-electron chi connectivity index (χ4n) is 11.6. The number of carbonyl (C=O) groups is 2. The molecule has 0 amide bonds. The van der Waals surface area contributed by atoms with Crippen LogP contribution in [0.15, 0.2) is 12.7 Å². The molecule has 0 unspecified atom stereocenters. The molecule has 6 fully saturated rings. The second kappa shape index (κ2) is 12.4. The lowest BCUT2D eigenvalue weighted by Gasteiger charge is -2.62. The number of fused-ring (bicyclic) bond motifs is 5. The van der Waals surface area contributed by atoms with Crippen LogP contribution in [0.3, 0.4) is 0 Å². The SMILES string of the molecule is C=CC[N+]1([C@H]2C[C@H]3[C@@H]4CC[C@H]5C[C@H](OC(C)=O)[C@@H](N6CCOCC6)C[C@]5(C)[C@H]4CC[C@]3(C)[C@H]2OC(C)=O)CCCC1.[Br-]. The average Bonchev–Trinajstić information content (AvgIpc) is 3.52. The first-order valence-electron chi connectivity index (χ1n) is 16.7. The summed E-state index contributed by atoms with van der Waals surface area (Å²) in [6, 6.07) is 0.645. The van der Waals surface area contributed by atoms with Gasteiger partial charge in [0.05, 0.1) is 32.8 Å². The zero-order valence-electron chi connectivity index (χ0n) is 26.5. The lowest BCUT2D eigenvalue weighted by atomic mass is 9.44. The Bertz CT molecular complexity index is 1010. The Balaban J connectivity index is 0.00000353. The second-order valence-electron chi connectivity index (χ2n) is 15.2. The van der Waals surface area contributed by atoms with Crippen LogP contribution >= 0.6 is 0 Å². The molecular weight excluding hydrogens is 596 g/mol. The second-order valence-corrected chi connectivity index (χ2v) is 15.2. The van der Waals surface area contributed by atoms with E-state index < -0.39 is 0 Å². The maximum absolute atomic E-state index is 12.6. The Morgan fingerprint density at radius 2 is 1.67 bits per heavy atom. The molecule has 0 bridgehead atoms. The predicted octanol–water partition coefficient (Wildman–Crippen LogP) is 1.98. The van der Waals surface area contributed by atoms with Crippen molar-refractivity contribution in [1.29, 1.82) is 0 Å². The quantitative estimate of drug-likeness (QED) is 0.249. The van der Waals surface area contributed by atoms with Gasteiger partial charge in [0, 0.05) is 57.7 Å². The van der Waals surface area contributed by atoms with Crippen LogP contribution in [0.25, 0.3) is 0 Å². The summed E-state index contributed by atoms with van der Waals surface area (Å²) < 4.78 is 19.2. The highest BCUT2D eigenvalue weighted by atomic mass is 79.9. The van der Waals surface area contributed by atoms with Crippen LogP contribution in [0.1, 0.15) is 85.5 Å². The van der Waals surface area contributed by atoms with Gasteiger partial charge in [-0.25, -0.2) is 0 Å². The van der Waals surface area contributed by atoms with Crippen molar-refractivity contribution in [2.24, 2.45) is 34.5 Å². The van der Waals surface area contributed by atoms with E-state index >= 15 is 0 Å². The van der Waals surface area contributed by atoms with Gasteiger partial charge >= 0.3 is 11.9 Å². The van der Waals surface area contributed by atoms with Crippen molar-refractivity contribution in [3.63, 3.8) is 0 Å². The number of hydrogen-bond donors (Lipinski definition) is 0. The standard InChI is InChI=1S/C34H55N2O5.BrH/c1-6-15-36(16-7-8-17-36)30-21-28-26-10-9-25-20-31(40-23(2)37)29(35-13-18-39-19-14-35)22-34(25,5)27(26)11-12-33(28,4)32(30)41-24(3)38;/h6,25-32H,1,7-22H2,2-5H3;1H/q+1;/p-1/t25-,26+,27-,28-,29-,30-,31-,32-,33-,34-;/m0./s1. The number of ether oxygens (including phenoxy) is 3. The maximum Gasteiger partial charge on any atom is 0.303 e. The van der Waals surface area contributed by atoms with E-state index in [1.165, 1.54) is 51.6 Å². The summed E-state index contributed by atoms with van der Waals surface area (Å²) in [5.74, 6) is 2.25. The molecular formula is C34H55BrN2O5. The summed E-state index contributed by atoms with van der Waals surface area (Å²) >= 11 is 0.